The lowest BCUT2D eigenvalue weighted by molar-refractivity contribution is 0.0472. The normalized spacial score (nSPS) is 11.5. The Bertz CT molecular complexity index is 863. The van der Waals surface area contributed by atoms with Gasteiger partial charge >= 0.3 is 5.97 Å². The highest BCUT2D eigenvalue weighted by Crippen LogP contribution is 2.23. The van der Waals surface area contributed by atoms with Crippen LogP contribution in [0.2, 0.25) is 5.02 Å². The van der Waals surface area contributed by atoms with E-state index in [-0.39, 0.29) is 22.1 Å². The van der Waals surface area contributed by atoms with Crippen molar-refractivity contribution in [2.45, 2.75) is 18.4 Å². The molecule has 2 aromatic rings. The molecule has 0 saturated heterocycles. The van der Waals surface area contributed by atoms with E-state index in [1.807, 2.05) is 31.2 Å². The average Bonchev–Trinajstić information content (AvgIpc) is 2.52. The first-order valence-corrected chi connectivity index (χ1v) is 8.98. The van der Waals surface area contributed by atoms with Gasteiger partial charge in [-0.25, -0.2) is 17.5 Å². The smallest absolute Gasteiger partial charge is 0.340 e. The molecule has 128 valence electrons. The number of hydrogen-bond donors (Lipinski definition) is 0. The van der Waals surface area contributed by atoms with Gasteiger partial charge in [-0.1, -0.05) is 41.4 Å². The number of aryl methyl sites for hydroxylation is 1. The molecule has 2 rings (SSSR count). The van der Waals surface area contributed by atoms with Crippen molar-refractivity contribution in [2.24, 2.45) is 0 Å². The second kappa shape index (κ2) is 7.34. The molecule has 0 aliphatic carbocycles. The number of rotatable bonds is 5. The van der Waals surface area contributed by atoms with Crippen LogP contribution in [0.25, 0.3) is 0 Å². The van der Waals surface area contributed by atoms with Gasteiger partial charge in [-0.05, 0) is 30.7 Å². The Labute approximate surface area is 146 Å². The van der Waals surface area contributed by atoms with Crippen molar-refractivity contribution in [1.82, 2.24) is 4.31 Å². The summed E-state index contributed by atoms with van der Waals surface area (Å²) in [6.45, 7) is 2.03. The van der Waals surface area contributed by atoms with Crippen LogP contribution in [0.5, 0.6) is 0 Å². The summed E-state index contributed by atoms with van der Waals surface area (Å²) in [6.07, 6.45) is 0. The third-order valence-electron chi connectivity index (χ3n) is 3.39. The molecule has 0 amide bonds. The Morgan fingerprint density at radius 3 is 2.50 bits per heavy atom. The number of carbonyl (C=O) groups is 1. The monoisotopic (exact) mass is 367 g/mol. The van der Waals surface area contributed by atoms with Gasteiger partial charge in [0.05, 0.1) is 15.5 Å². The van der Waals surface area contributed by atoms with Crippen LogP contribution in [-0.4, -0.2) is 32.8 Å². The van der Waals surface area contributed by atoms with Gasteiger partial charge in [-0.2, -0.15) is 0 Å². The maximum absolute atomic E-state index is 12.3. The Morgan fingerprint density at radius 2 is 1.88 bits per heavy atom. The van der Waals surface area contributed by atoms with Gasteiger partial charge < -0.3 is 4.74 Å². The highest BCUT2D eigenvalue weighted by Gasteiger charge is 2.21. The summed E-state index contributed by atoms with van der Waals surface area (Å²) in [6, 6.07) is 11.5. The lowest BCUT2D eigenvalue weighted by Crippen LogP contribution is -2.22. The van der Waals surface area contributed by atoms with Crippen molar-refractivity contribution in [3.8, 4) is 0 Å². The fraction of sp³-hybridized carbons (Fsp3) is 0.235. The molecule has 0 aliphatic rings. The molecule has 0 heterocycles. The number of hydrogen-bond acceptors (Lipinski definition) is 4. The Morgan fingerprint density at radius 1 is 1.17 bits per heavy atom. The maximum Gasteiger partial charge on any atom is 0.340 e. The van der Waals surface area contributed by atoms with E-state index in [1.165, 1.54) is 32.3 Å². The van der Waals surface area contributed by atoms with Gasteiger partial charge in [0.15, 0.2) is 0 Å². The molecule has 0 saturated carbocycles. The highest BCUT2D eigenvalue weighted by atomic mass is 35.5. The van der Waals surface area contributed by atoms with Crippen molar-refractivity contribution < 1.29 is 17.9 Å². The number of carbonyl (C=O) groups excluding carboxylic acids is 1. The maximum atomic E-state index is 12.3. The number of ether oxygens (including phenoxy) is 1. The van der Waals surface area contributed by atoms with Gasteiger partial charge in [0, 0.05) is 14.1 Å². The van der Waals surface area contributed by atoms with Crippen molar-refractivity contribution in [2.75, 3.05) is 14.1 Å². The van der Waals surface area contributed by atoms with Crippen LogP contribution in [0.4, 0.5) is 0 Å². The molecule has 0 atom stereocenters. The molecule has 0 bridgehead atoms. The molecule has 0 N–H and O–H groups in total. The van der Waals surface area contributed by atoms with Crippen molar-refractivity contribution in [3.05, 3.63) is 64.2 Å². The molecular weight excluding hydrogens is 350 g/mol. The number of esters is 1. The zero-order valence-corrected chi connectivity index (χ0v) is 15.2. The standard InChI is InChI=1S/C17H18ClNO4S/c1-12-5-4-6-13(9-12)11-23-17(20)15-10-14(7-8-16(15)18)24(21,22)19(2)3/h4-10H,11H2,1-3H3. The SMILES string of the molecule is Cc1cccc(COC(=O)c2cc(S(=O)(=O)N(C)C)ccc2Cl)c1. The topological polar surface area (TPSA) is 63.7 Å². The molecule has 5 nitrogen and oxygen atoms in total. The fourth-order valence-corrected chi connectivity index (χ4v) is 3.18. The zero-order chi connectivity index (χ0) is 17.9. The Kier molecular flexibility index (Phi) is 5.64. The molecule has 0 fully saturated rings. The minimum absolute atomic E-state index is 0.0144. The molecule has 0 unspecified atom stereocenters. The zero-order valence-electron chi connectivity index (χ0n) is 13.6. The van der Waals surface area contributed by atoms with Gasteiger partial charge in [0.1, 0.15) is 6.61 Å². The number of halogens is 1. The van der Waals surface area contributed by atoms with E-state index in [2.05, 4.69) is 0 Å². The largest absolute Gasteiger partial charge is 0.457 e. The highest BCUT2D eigenvalue weighted by molar-refractivity contribution is 7.89. The van der Waals surface area contributed by atoms with Gasteiger partial charge in [0.25, 0.3) is 0 Å². The number of sulfonamides is 1. The predicted molar refractivity (Wildman–Crippen MR) is 92.6 cm³/mol. The summed E-state index contributed by atoms with van der Waals surface area (Å²) in [5.41, 5.74) is 1.92. The van der Waals surface area contributed by atoms with Crippen LogP contribution < -0.4 is 0 Å². The molecule has 2 aromatic carbocycles. The first kappa shape index (κ1) is 18.4. The van der Waals surface area contributed by atoms with Crippen LogP contribution in [0.1, 0.15) is 21.5 Å². The van der Waals surface area contributed by atoms with Crippen molar-refractivity contribution >= 4 is 27.6 Å². The molecule has 7 heteroatoms. The predicted octanol–water partition coefficient (Wildman–Crippen LogP) is 3.26. The van der Waals surface area contributed by atoms with Gasteiger partial charge in [0.2, 0.25) is 10.0 Å². The summed E-state index contributed by atoms with van der Waals surface area (Å²) < 4.78 is 30.6. The van der Waals surface area contributed by atoms with Crippen LogP contribution in [0.3, 0.4) is 0 Å². The third-order valence-corrected chi connectivity index (χ3v) is 5.53. The van der Waals surface area contributed by atoms with E-state index in [9.17, 15) is 13.2 Å². The molecule has 0 radical (unpaired) electrons. The minimum atomic E-state index is -3.66. The summed E-state index contributed by atoms with van der Waals surface area (Å²) >= 11 is 6.02. The quantitative estimate of drug-likeness (QED) is 0.761. The second-order valence-electron chi connectivity index (χ2n) is 5.49. The first-order valence-electron chi connectivity index (χ1n) is 7.16. The van der Waals surface area contributed by atoms with Gasteiger partial charge in [-0.3, -0.25) is 0 Å². The number of nitrogens with zero attached hydrogens (tertiary/aromatic N) is 1. The van der Waals surface area contributed by atoms with Crippen LogP contribution >= 0.6 is 11.6 Å². The summed E-state index contributed by atoms with van der Waals surface area (Å²) in [5, 5.41) is 0.141. The lowest BCUT2D eigenvalue weighted by atomic mass is 10.1. The number of benzene rings is 2. The summed E-state index contributed by atoms with van der Waals surface area (Å²) in [4.78, 5) is 12.2. The molecule has 0 aromatic heterocycles. The fourth-order valence-electron chi connectivity index (χ4n) is 2.06. The third kappa shape index (κ3) is 4.14. The van der Waals surface area contributed by atoms with E-state index in [4.69, 9.17) is 16.3 Å². The molecule has 0 spiro atoms. The van der Waals surface area contributed by atoms with E-state index < -0.39 is 16.0 Å². The van der Waals surface area contributed by atoms with Gasteiger partial charge in [-0.15, -0.1) is 0 Å². The van der Waals surface area contributed by atoms with Crippen LogP contribution in [0.15, 0.2) is 47.4 Å². The molecule has 0 aliphatic heterocycles. The van der Waals surface area contributed by atoms with E-state index >= 15 is 0 Å². The van der Waals surface area contributed by atoms with Crippen LogP contribution in [0, 0.1) is 6.92 Å². The van der Waals surface area contributed by atoms with E-state index in [0.717, 1.165) is 15.4 Å². The van der Waals surface area contributed by atoms with E-state index in [1.54, 1.807) is 0 Å². The average molecular weight is 368 g/mol. The second-order valence-corrected chi connectivity index (χ2v) is 8.05. The first-order chi connectivity index (χ1) is 11.2. The molecule has 24 heavy (non-hydrogen) atoms. The Hall–Kier alpha value is -1.89. The van der Waals surface area contributed by atoms with E-state index in [0.29, 0.717) is 0 Å². The summed E-state index contributed by atoms with van der Waals surface area (Å²) in [5.74, 6) is -0.669. The summed E-state index contributed by atoms with van der Waals surface area (Å²) in [7, 11) is -0.823. The van der Waals surface area contributed by atoms with Crippen LogP contribution in [-0.2, 0) is 21.4 Å². The Balaban J connectivity index is 2.23. The lowest BCUT2D eigenvalue weighted by Gasteiger charge is -2.13. The van der Waals surface area contributed by atoms with Crippen molar-refractivity contribution in [3.63, 3.8) is 0 Å². The molecular formula is C17H18ClNO4S. The van der Waals surface area contributed by atoms with Crippen molar-refractivity contribution in [1.29, 1.82) is 0 Å². The minimum Gasteiger partial charge on any atom is -0.457 e.